The summed E-state index contributed by atoms with van der Waals surface area (Å²) in [6.07, 6.45) is 5.33. The predicted molar refractivity (Wildman–Crippen MR) is 67.3 cm³/mol. The van der Waals surface area contributed by atoms with Gasteiger partial charge in [0.1, 0.15) is 5.78 Å². The van der Waals surface area contributed by atoms with Crippen LogP contribution in [-0.4, -0.2) is 5.78 Å². The SMILES string of the molecule is CCC1C=Cc2ccccc2C1(C)C(C)=O. The molecule has 2 atom stereocenters. The number of allylic oxidation sites excluding steroid dienone is 1. The first-order valence-electron chi connectivity index (χ1n) is 5.89. The summed E-state index contributed by atoms with van der Waals surface area (Å²) in [6, 6.07) is 8.21. The van der Waals surface area contributed by atoms with Gasteiger partial charge in [-0.05, 0) is 37.3 Å². The van der Waals surface area contributed by atoms with Crippen LogP contribution in [0.15, 0.2) is 30.3 Å². The van der Waals surface area contributed by atoms with Crippen molar-refractivity contribution >= 4 is 11.9 Å². The molecule has 0 amide bonds. The van der Waals surface area contributed by atoms with Crippen LogP contribution >= 0.6 is 0 Å². The summed E-state index contributed by atoms with van der Waals surface area (Å²) >= 11 is 0. The molecule has 0 saturated heterocycles. The van der Waals surface area contributed by atoms with E-state index in [9.17, 15) is 4.79 Å². The lowest BCUT2D eigenvalue weighted by molar-refractivity contribution is -0.123. The number of carbonyl (C=O) groups is 1. The summed E-state index contributed by atoms with van der Waals surface area (Å²) < 4.78 is 0. The van der Waals surface area contributed by atoms with Gasteiger partial charge in [-0.1, -0.05) is 43.3 Å². The number of fused-ring (bicyclic) bond motifs is 1. The zero-order valence-corrected chi connectivity index (χ0v) is 10.2. The zero-order chi connectivity index (χ0) is 11.8. The molecule has 0 bridgehead atoms. The highest BCUT2D eigenvalue weighted by Crippen LogP contribution is 2.41. The fourth-order valence-electron chi connectivity index (χ4n) is 2.72. The van der Waals surface area contributed by atoms with Crippen molar-refractivity contribution in [3.05, 3.63) is 41.5 Å². The summed E-state index contributed by atoms with van der Waals surface area (Å²) in [5.41, 5.74) is 2.02. The van der Waals surface area contributed by atoms with E-state index in [4.69, 9.17) is 0 Å². The number of ketones is 1. The smallest absolute Gasteiger partial charge is 0.140 e. The van der Waals surface area contributed by atoms with Gasteiger partial charge < -0.3 is 0 Å². The number of Topliss-reactive ketones (excluding diaryl/α,β-unsaturated/α-hetero) is 1. The van der Waals surface area contributed by atoms with Crippen molar-refractivity contribution < 1.29 is 4.79 Å². The van der Waals surface area contributed by atoms with E-state index < -0.39 is 0 Å². The average molecular weight is 214 g/mol. The van der Waals surface area contributed by atoms with E-state index in [0.29, 0.717) is 5.92 Å². The van der Waals surface area contributed by atoms with Crippen molar-refractivity contribution in [2.45, 2.75) is 32.6 Å². The Kier molecular flexibility index (Phi) is 2.71. The molecular formula is C15H18O. The van der Waals surface area contributed by atoms with Gasteiger partial charge in [0.2, 0.25) is 0 Å². The first kappa shape index (κ1) is 11.1. The molecule has 0 saturated carbocycles. The molecule has 16 heavy (non-hydrogen) atoms. The predicted octanol–water partition coefficient (Wildman–Crippen LogP) is 3.59. The third-order valence-corrected chi connectivity index (χ3v) is 3.94. The van der Waals surface area contributed by atoms with E-state index in [-0.39, 0.29) is 11.2 Å². The second kappa shape index (κ2) is 3.89. The van der Waals surface area contributed by atoms with Crippen molar-refractivity contribution in [2.24, 2.45) is 5.92 Å². The lowest BCUT2D eigenvalue weighted by Crippen LogP contribution is -2.40. The van der Waals surface area contributed by atoms with Crippen molar-refractivity contribution in [3.63, 3.8) is 0 Å². The minimum absolute atomic E-state index is 0.260. The van der Waals surface area contributed by atoms with E-state index in [1.54, 1.807) is 6.92 Å². The fourth-order valence-corrected chi connectivity index (χ4v) is 2.72. The first-order chi connectivity index (χ1) is 7.60. The summed E-state index contributed by atoms with van der Waals surface area (Å²) in [7, 11) is 0. The number of hydrogen-bond donors (Lipinski definition) is 0. The molecule has 84 valence electrons. The molecule has 1 aliphatic rings. The van der Waals surface area contributed by atoms with Gasteiger partial charge in [0.25, 0.3) is 0 Å². The monoisotopic (exact) mass is 214 g/mol. The van der Waals surface area contributed by atoms with Gasteiger partial charge in [-0.3, -0.25) is 4.79 Å². The lowest BCUT2D eigenvalue weighted by atomic mass is 9.64. The van der Waals surface area contributed by atoms with Crippen LogP contribution in [0.3, 0.4) is 0 Å². The highest BCUT2D eigenvalue weighted by atomic mass is 16.1. The molecule has 1 aromatic rings. The first-order valence-corrected chi connectivity index (χ1v) is 5.89. The van der Waals surface area contributed by atoms with Gasteiger partial charge in [-0.15, -0.1) is 0 Å². The molecule has 1 aliphatic carbocycles. The number of carbonyl (C=O) groups excluding carboxylic acids is 1. The Labute approximate surface area is 97.2 Å². The topological polar surface area (TPSA) is 17.1 Å². The molecule has 0 aromatic heterocycles. The fraction of sp³-hybridized carbons (Fsp3) is 0.400. The highest BCUT2D eigenvalue weighted by Gasteiger charge is 2.40. The van der Waals surface area contributed by atoms with Gasteiger partial charge in [0, 0.05) is 0 Å². The third-order valence-electron chi connectivity index (χ3n) is 3.94. The molecule has 2 unspecified atom stereocenters. The summed E-state index contributed by atoms with van der Waals surface area (Å²) in [5.74, 6) is 0.580. The Hall–Kier alpha value is -1.37. The van der Waals surface area contributed by atoms with Gasteiger partial charge in [-0.2, -0.15) is 0 Å². The van der Waals surface area contributed by atoms with E-state index in [1.807, 2.05) is 12.1 Å². The molecule has 0 N–H and O–H groups in total. The minimum Gasteiger partial charge on any atom is -0.299 e. The number of benzene rings is 1. The highest BCUT2D eigenvalue weighted by molar-refractivity contribution is 5.90. The summed E-state index contributed by atoms with van der Waals surface area (Å²) in [5, 5.41) is 0. The van der Waals surface area contributed by atoms with Gasteiger partial charge in [0.15, 0.2) is 0 Å². The van der Waals surface area contributed by atoms with Gasteiger partial charge in [-0.25, -0.2) is 0 Å². The molecule has 0 radical (unpaired) electrons. The van der Waals surface area contributed by atoms with E-state index >= 15 is 0 Å². The van der Waals surface area contributed by atoms with Crippen LogP contribution in [0.25, 0.3) is 6.08 Å². The van der Waals surface area contributed by atoms with Crippen LogP contribution in [0.4, 0.5) is 0 Å². The molecule has 0 aliphatic heterocycles. The molecule has 1 nitrogen and oxygen atoms in total. The third kappa shape index (κ3) is 1.42. The Bertz CT molecular complexity index is 445. The lowest BCUT2D eigenvalue weighted by Gasteiger charge is -2.37. The Balaban J connectivity index is 2.63. The maximum absolute atomic E-state index is 12.0. The van der Waals surface area contributed by atoms with Crippen LogP contribution in [0.1, 0.15) is 38.3 Å². The van der Waals surface area contributed by atoms with Crippen LogP contribution < -0.4 is 0 Å². The van der Waals surface area contributed by atoms with Crippen molar-refractivity contribution in [1.29, 1.82) is 0 Å². The van der Waals surface area contributed by atoms with Crippen LogP contribution in [-0.2, 0) is 10.2 Å². The number of hydrogen-bond acceptors (Lipinski definition) is 1. The second-order valence-electron chi connectivity index (χ2n) is 4.72. The second-order valence-corrected chi connectivity index (χ2v) is 4.72. The van der Waals surface area contributed by atoms with E-state index in [0.717, 1.165) is 6.42 Å². The average Bonchev–Trinajstić information content (AvgIpc) is 2.29. The van der Waals surface area contributed by atoms with E-state index in [2.05, 4.69) is 38.1 Å². The van der Waals surface area contributed by atoms with Crippen molar-refractivity contribution in [2.75, 3.05) is 0 Å². The normalized spacial score (nSPS) is 27.6. The van der Waals surface area contributed by atoms with Crippen molar-refractivity contribution in [3.8, 4) is 0 Å². The minimum atomic E-state index is -0.347. The number of rotatable bonds is 2. The van der Waals surface area contributed by atoms with Crippen LogP contribution in [0.2, 0.25) is 0 Å². The molecule has 0 spiro atoms. The van der Waals surface area contributed by atoms with Gasteiger partial charge in [0.05, 0.1) is 5.41 Å². The van der Waals surface area contributed by atoms with Crippen molar-refractivity contribution in [1.82, 2.24) is 0 Å². The summed E-state index contributed by atoms with van der Waals surface area (Å²) in [4.78, 5) is 12.0. The maximum atomic E-state index is 12.0. The molecule has 1 heteroatoms. The zero-order valence-electron chi connectivity index (χ0n) is 10.2. The van der Waals surface area contributed by atoms with E-state index in [1.165, 1.54) is 11.1 Å². The van der Waals surface area contributed by atoms with Gasteiger partial charge >= 0.3 is 0 Å². The standard InChI is InChI=1S/C15H18O/c1-4-13-10-9-12-7-5-6-8-14(12)15(13,3)11(2)16/h5-10,13H,4H2,1-3H3. The molecule has 0 heterocycles. The largest absolute Gasteiger partial charge is 0.299 e. The molecule has 2 rings (SSSR count). The Morgan fingerprint density at radius 1 is 1.38 bits per heavy atom. The molecule has 0 fully saturated rings. The van der Waals surface area contributed by atoms with Crippen LogP contribution in [0, 0.1) is 5.92 Å². The maximum Gasteiger partial charge on any atom is 0.140 e. The Morgan fingerprint density at radius 3 is 2.69 bits per heavy atom. The molecule has 1 aromatic carbocycles. The van der Waals surface area contributed by atoms with Crippen LogP contribution in [0.5, 0.6) is 0 Å². The summed E-state index contributed by atoms with van der Waals surface area (Å²) in [6.45, 7) is 5.93. The quantitative estimate of drug-likeness (QED) is 0.735. The Morgan fingerprint density at radius 2 is 2.06 bits per heavy atom. The molecular weight excluding hydrogens is 196 g/mol.